The number of rotatable bonds is 10. The van der Waals surface area contributed by atoms with Crippen molar-refractivity contribution in [2.45, 2.75) is 5.16 Å². The van der Waals surface area contributed by atoms with E-state index in [0.717, 1.165) is 83.5 Å². The van der Waals surface area contributed by atoms with Crippen molar-refractivity contribution >= 4 is 39.2 Å². The van der Waals surface area contributed by atoms with E-state index in [9.17, 15) is 4.21 Å². The van der Waals surface area contributed by atoms with Crippen LogP contribution in [0.15, 0.2) is 115 Å². The fraction of sp³-hybridized carbons (Fsp3) is 0.231. The van der Waals surface area contributed by atoms with Crippen molar-refractivity contribution < 1.29 is 18.8 Å². The van der Waals surface area contributed by atoms with E-state index in [-0.39, 0.29) is 6.61 Å². The van der Waals surface area contributed by atoms with E-state index in [0.29, 0.717) is 11.1 Å². The third-order valence-electron chi connectivity index (χ3n) is 9.05. The Morgan fingerprint density at radius 3 is 1.94 bits per heavy atom. The maximum absolute atomic E-state index is 11.5. The van der Waals surface area contributed by atoms with Crippen LogP contribution in [0.4, 0.5) is 17.3 Å². The van der Waals surface area contributed by atoms with Gasteiger partial charge < -0.3 is 24.8 Å². The second-order valence-electron chi connectivity index (χ2n) is 12.3. The number of aromatic nitrogens is 6. The molecule has 1 aliphatic heterocycles. The summed E-state index contributed by atoms with van der Waals surface area (Å²) in [5.41, 5.74) is 7.61. The zero-order valence-electron chi connectivity index (χ0n) is 29.8. The summed E-state index contributed by atoms with van der Waals surface area (Å²) < 4.78 is 26.1. The number of β-amino-alcohol motifs (C(OH)–C–C–N with tert-alkyl or cyclic N) is 1. The number of fused-ring (bicyclic) bond motifs is 2. The number of aliphatic hydroxyl groups excluding tert-OH is 1. The number of ether oxygens (including phenoxy) is 2. The first kappa shape index (κ1) is 35.6. The number of nitrogens with zero attached hydrogens (tertiary/aromatic N) is 8. The van der Waals surface area contributed by atoms with Gasteiger partial charge in [0, 0.05) is 61.5 Å². The number of hydrogen-bond acceptors (Lipinski definition) is 11. The Kier molecular flexibility index (Phi) is 10.9. The van der Waals surface area contributed by atoms with Gasteiger partial charge >= 0.3 is 0 Å². The minimum absolute atomic E-state index is 0.212. The summed E-state index contributed by atoms with van der Waals surface area (Å²) in [5.74, 6) is 2.10. The highest BCUT2D eigenvalue weighted by atomic mass is 32.2. The lowest BCUT2D eigenvalue weighted by molar-refractivity contribution is 0.189. The summed E-state index contributed by atoms with van der Waals surface area (Å²) in [6.07, 6.45) is 5.05. The van der Waals surface area contributed by atoms with Crippen LogP contribution in [0, 0.1) is 0 Å². The van der Waals surface area contributed by atoms with E-state index in [2.05, 4.69) is 42.3 Å². The largest absolute Gasteiger partial charge is 0.496 e. The Morgan fingerprint density at radius 1 is 0.736 bits per heavy atom. The van der Waals surface area contributed by atoms with Crippen LogP contribution in [0.5, 0.6) is 11.5 Å². The molecular weight excluding hydrogens is 691 g/mol. The Labute approximate surface area is 309 Å². The van der Waals surface area contributed by atoms with Crippen LogP contribution in [-0.2, 0) is 10.8 Å². The number of aliphatic hydroxyl groups is 1. The van der Waals surface area contributed by atoms with Crippen molar-refractivity contribution in [2.75, 3.05) is 70.0 Å². The van der Waals surface area contributed by atoms with Crippen LogP contribution in [0.25, 0.3) is 33.5 Å². The van der Waals surface area contributed by atoms with Gasteiger partial charge in [-0.15, -0.1) is 10.2 Å². The fourth-order valence-electron chi connectivity index (χ4n) is 6.38. The van der Waals surface area contributed by atoms with Gasteiger partial charge in [0.15, 0.2) is 0 Å². The molecule has 1 aliphatic rings. The minimum atomic E-state index is -1.22. The quantitative estimate of drug-likeness (QED) is 0.187. The van der Waals surface area contributed by atoms with Crippen molar-refractivity contribution in [3.63, 3.8) is 0 Å². The second kappa shape index (κ2) is 16.2. The molecule has 1 atom stereocenters. The first-order chi connectivity index (χ1) is 25.9. The van der Waals surface area contributed by atoms with Crippen LogP contribution in [0.3, 0.4) is 0 Å². The lowest BCUT2D eigenvalue weighted by atomic mass is 10.1. The molecule has 53 heavy (non-hydrogen) atoms. The van der Waals surface area contributed by atoms with Crippen LogP contribution in [0.1, 0.15) is 0 Å². The van der Waals surface area contributed by atoms with Crippen molar-refractivity contribution in [1.82, 2.24) is 34.1 Å². The molecule has 13 nitrogen and oxygen atoms in total. The smallest absolute Gasteiger partial charge is 0.245 e. The highest BCUT2D eigenvalue weighted by Gasteiger charge is 2.18. The fourth-order valence-corrected chi connectivity index (χ4v) is 6.78. The number of hydrogen-bond donors (Lipinski definition) is 2. The molecule has 4 aromatic heterocycles. The zero-order chi connectivity index (χ0) is 36.7. The van der Waals surface area contributed by atoms with Gasteiger partial charge in [-0.3, -0.25) is 9.11 Å². The molecule has 1 fully saturated rings. The summed E-state index contributed by atoms with van der Waals surface area (Å²) in [4.78, 5) is 13.3. The Hall–Kier alpha value is -5.83. The van der Waals surface area contributed by atoms with Gasteiger partial charge in [0.2, 0.25) is 11.1 Å². The van der Waals surface area contributed by atoms with Crippen molar-refractivity contribution in [3.8, 4) is 34.0 Å². The molecule has 14 heteroatoms. The predicted molar refractivity (Wildman–Crippen MR) is 208 cm³/mol. The maximum Gasteiger partial charge on any atom is 0.245 e. The third kappa shape index (κ3) is 7.84. The monoisotopic (exact) mass is 731 g/mol. The number of nitrogens with one attached hydrogen (secondary N) is 1. The topological polar surface area (TPSA) is 135 Å². The van der Waals surface area contributed by atoms with Crippen LogP contribution < -0.4 is 19.7 Å². The molecule has 272 valence electrons. The summed E-state index contributed by atoms with van der Waals surface area (Å²) in [5, 5.41) is 21.9. The molecule has 7 aromatic rings. The first-order valence-electron chi connectivity index (χ1n) is 17.2. The molecule has 0 aliphatic carbocycles. The summed E-state index contributed by atoms with van der Waals surface area (Å²) in [6, 6.07) is 31.9. The van der Waals surface area contributed by atoms with Crippen molar-refractivity contribution in [3.05, 3.63) is 109 Å². The molecule has 1 saturated heterocycles. The first-order valence-corrected chi connectivity index (χ1v) is 18.8. The van der Waals surface area contributed by atoms with Crippen LogP contribution in [0.2, 0.25) is 0 Å². The number of benzene rings is 3. The molecular formula is C39H41N9O4S. The van der Waals surface area contributed by atoms with Gasteiger partial charge in [-0.1, -0.05) is 30.3 Å². The molecule has 2 N–H and O–H groups in total. The third-order valence-corrected chi connectivity index (χ3v) is 9.76. The highest BCUT2D eigenvalue weighted by molar-refractivity contribution is 7.84. The summed E-state index contributed by atoms with van der Waals surface area (Å²) >= 11 is 0. The molecule has 0 radical (unpaired) electrons. The highest BCUT2D eigenvalue weighted by Crippen LogP contribution is 2.32. The van der Waals surface area contributed by atoms with Crippen LogP contribution >= 0.6 is 0 Å². The van der Waals surface area contributed by atoms with E-state index in [1.807, 2.05) is 95.6 Å². The van der Waals surface area contributed by atoms with E-state index in [1.54, 1.807) is 31.2 Å². The minimum Gasteiger partial charge on any atom is -0.496 e. The molecule has 0 saturated carbocycles. The number of piperazine rings is 1. The molecule has 0 amide bonds. The van der Waals surface area contributed by atoms with Crippen molar-refractivity contribution in [1.29, 1.82) is 0 Å². The lowest BCUT2D eigenvalue weighted by Gasteiger charge is -2.35. The Balaban J connectivity index is 0.000000186. The number of methoxy groups -OCH3 is 2. The van der Waals surface area contributed by atoms with E-state index in [4.69, 9.17) is 19.7 Å². The van der Waals surface area contributed by atoms with Crippen LogP contribution in [-0.4, -0.2) is 103 Å². The van der Waals surface area contributed by atoms with Gasteiger partial charge in [0.05, 0.1) is 66.4 Å². The predicted octanol–water partition coefficient (Wildman–Crippen LogP) is 5.41. The molecule has 3 aromatic carbocycles. The summed E-state index contributed by atoms with van der Waals surface area (Å²) in [6.45, 7) is 4.75. The maximum atomic E-state index is 11.5. The van der Waals surface area contributed by atoms with Crippen molar-refractivity contribution in [2.24, 2.45) is 0 Å². The van der Waals surface area contributed by atoms with E-state index >= 15 is 0 Å². The average Bonchev–Trinajstić information content (AvgIpc) is 3.82. The molecule has 0 spiro atoms. The average molecular weight is 732 g/mol. The van der Waals surface area contributed by atoms with E-state index < -0.39 is 10.8 Å². The van der Waals surface area contributed by atoms with Gasteiger partial charge in [0.1, 0.15) is 11.5 Å². The summed E-state index contributed by atoms with van der Waals surface area (Å²) in [7, 11) is 2.10. The molecule has 8 rings (SSSR count). The van der Waals surface area contributed by atoms with Gasteiger partial charge in [-0.05, 0) is 66.7 Å². The van der Waals surface area contributed by atoms with Gasteiger partial charge in [0.25, 0.3) is 0 Å². The lowest BCUT2D eigenvalue weighted by Crippen LogP contribution is -2.47. The number of para-hydroxylation sites is 2. The molecule has 1 unspecified atom stereocenters. The number of anilines is 3. The van der Waals surface area contributed by atoms with Gasteiger partial charge in [-0.2, -0.15) is 0 Å². The zero-order valence-corrected chi connectivity index (χ0v) is 30.6. The normalized spacial score (nSPS) is 13.8. The van der Waals surface area contributed by atoms with Gasteiger partial charge in [-0.25, -0.2) is 19.0 Å². The van der Waals surface area contributed by atoms with E-state index in [1.165, 1.54) is 5.69 Å². The Morgan fingerprint density at radius 2 is 1.34 bits per heavy atom. The standard InChI is InChI=1S/C25H28N6O2.C14H13N3O2S/c1-33-24-8-3-2-7-22(24)23-10-9-21-18-26-25(28-31(21)23)27-19-5-4-6-20(17-19)30-13-11-29(12-14-30)15-16-32;1-19-13-6-4-3-5-11(13)12-8-7-10-9-15-14(20(2)18)16-17(10)12/h2-10,17-18,32H,11-16H2,1H3,(H,27,28);3-9H,1-2H3. The second-order valence-corrected chi connectivity index (χ2v) is 13.6. The molecule has 0 bridgehead atoms. The molecule has 5 heterocycles. The SMILES string of the molecule is COc1ccccc1-c1ccc2cnc(Nc3cccc(N4CCN(CCO)CC4)c3)nn12.COc1ccccc1-c1ccc2cnc(S(C)=O)nn12. The Bertz CT molecular complexity index is 2350.